The van der Waals surface area contributed by atoms with E-state index in [9.17, 15) is 14.0 Å². The van der Waals surface area contributed by atoms with Crippen molar-refractivity contribution in [3.05, 3.63) is 65.7 Å². The van der Waals surface area contributed by atoms with Crippen LogP contribution >= 0.6 is 0 Å². The third-order valence-electron chi connectivity index (χ3n) is 4.12. The van der Waals surface area contributed by atoms with Crippen LogP contribution in [0.4, 0.5) is 4.39 Å². The number of rotatable bonds is 3. The van der Waals surface area contributed by atoms with Gasteiger partial charge < -0.3 is 4.90 Å². The van der Waals surface area contributed by atoms with E-state index in [1.54, 1.807) is 23.2 Å². The van der Waals surface area contributed by atoms with Crippen LogP contribution in [0.5, 0.6) is 0 Å². The van der Waals surface area contributed by atoms with Crippen molar-refractivity contribution in [3.63, 3.8) is 0 Å². The van der Waals surface area contributed by atoms with Gasteiger partial charge in [-0.05, 0) is 49.2 Å². The number of piperidine rings is 1. The lowest BCUT2D eigenvalue weighted by Gasteiger charge is -2.32. The van der Waals surface area contributed by atoms with Crippen molar-refractivity contribution in [2.75, 3.05) is 13.1 Å². The summed E-state index contributed by atoms with van der Waals surface area (Å²) in [5.74, 6) is -0.739. The first-order valence-corrected chi connectivity index (χ1v) is 7.64. The van der Waals surface area contributed by atoms with Gasteiger partial charge in [-0.3, -0.25) is 14.6 Å². The van der Waals surface area contributed by atoms with E-state index >= 15 is 0 Å². The smallest absolute Gasteiger partial charge is 0.255 e. The zero-order valence-electron chi connectivity index (χ0n) is 12.6. The van der Waals surface area contributed by atoms with E-state index < -0.39 is 0 Å². The van der Waals surface area contributed by atoms with Gasteiger partial charge in [-0.15, -0.1) is 0 Å². The molecule has 1 amide bonds. The molecule has 0 saturated carbocycles. The second-order valence-electron chi connectivity index (χ2n) is 5.70. The fraction of sp³-hybridized carbons (Fsp3) is 0.278. The summed E-state index contributed by atoms with van der Waals surface area (Å²) in [5, 5.41) is 0. The van der Waals surface area contributed by atoms with Crippen LogP contribution < -0.4 is 0 Å². The van der Waals surface area contributed by atoms with Crippen molar-refractivity contribution in [3.8, 4) is 0 Å². The quantitative estimate of drug-likeness (QED) is 0.819. The van der Waals surface area contributed by atoms with E-state index in [4.69, 9.17) is 0 Å². The third-order valence-corrected chi connectivity index (χ3v) is 4.12. The van der Waals surface area contributed by atoms with E-state index in [-0.39, 0.29) is 23.4 Å². The average Bonchev–Trinajstić information content (AvgIpc) is 2.62. The maximum Gasteiger partial charge on any atom is 0.255 e. The number of Topliss-reactive ketones (excluding diaryl/α,β-unsaturated/α-hetero) is 1. The maximum atomic E-state index is 13.0. The highest BCUT2D eigenvalue weighted by atomic mass is 19.1. The average molecular weight is 312 g/mol. The molecule has 1 fully saturated rings. The zero-order chi connectivity index (χ0) is 16.2. The molecule has 2 heterocycles. The highest BCUT2D eigenvalue weighted by Gasteiger charge is 2.29. The number of carbonyl (C=O) groups excluding carboxylic acids is 2. The molecule has 118 valence electrons. The van der Waals surface area contributed by atoms with Crippen LogP contribution in [0.2, 0.25) is 0 Å². The summed E-state index contributed by atoms with van der Waals surface area (Å²) in [6.45, 7) is 1.03. The Bertz CT molecular complexity index is 701. The van der Waals surface area contributed by atoms with E-state index in [1.165, 1.54) is 30.5 Å². The van der Waals surface area contributed by atoms with Gasteiger partial charge in [0, 0.05) is 37.0 Å². The van der Waals surface area contributed by atoms with Gasteiger partial charge in [0.1, 0.15) is 5.82 Å². The number of ketones is 1. The Morgan fingerprint density at radius 2 is 1.91 bits per heavy atom. The number of hydrogen-bond acceptors (Lipinski definition) is 3. The van der Waals surface area contributed by atoms with Crippen molar-refractivity contribution < 1.29 is 14.0 Å². The standard InChI is InChI=1S/C18H17FN2O2/c19-16-7-5-13(6-8-16)17(22)15-4-2-10-21(12-15)18(23)14-3-1-9-20-11-14/h1,3,5-9,11,15H,2,4,10,12H2. The summed E-state index contributed by atoms with van der Waals surface area (Å²) >= 11 is 0. The lowest BCUT2D eigenvalue weighted by Crippen LogP contribution is -2.42. The van der Waals surface area contributed by atoms with Crippen LogP contribution in [-0.2, 0) is 0 Å². The first-order valence-electron chi connectivity index (χ1n) is 7.64. The van der Waals surface area contributed by atoms with Gasteiger partial charge in [0.25, 0.3) is 5.91 Å². The van der Waals surface area contributed by atoms with Gasteiger partial charge in [0.15, 0.2) is 5.78 Å². The first-order chi connectivity index (χ1) is 11.1. The van der Waals surface area contributed by atoms with Gasteiger partial charge in [-0.1, -0.05) is 0 Å². The van der Waals surface area contributed by atoms with Gasteiger partial charge in [0.05, 0.1) is 5.56 Å². The summed E-state index contributed by atoms with van der Waals surface area (Å²) in [7, 11) is 0. The maximum absolute atomic E-state index is 13.0. The van der Waals surface area contributed by atoms with Gasteiger partial charge in [-0.2, -0.15) is 0 Å². The molecule has 3 rings (SSSR count). The number of halogens is 1. The van der Waals surface area contributed by atoms with Crippen molar-refractivity contribution in [2.45, 2.75) is 12.8 Å². The van der Waals surface area contributed by atoms with Crippen LogP contribution in [0.1, 0.15) is 33.6 Å². The molecule has 0 N–H and O–H groups in total. The second kappa shape index (κ2) is 6.69. The molecule has 0 spiro atoms. The number of carbonyl (C=O) groups is 2. The summed E-state index contributed by atoms with van der Waals surface area (Å²) in [6, 6.07) is 9.02. The molecule has 2 aromatic rings. The predicted octanol–water partition coefficient (Wildman–Crippen LogP) is 2.96. The number of benzene rings is 1. The monoisotopic (exact) mass is 312 g/mol. The summed E-state index contributed by atoms with van der Waals surface area (Å²) < 4.78 is 13.0. The van der Waals surface area contributed by atoms with Crippen LogP contribution in [0.15, 0.2) is 48.8 Å². The molecule has 0 radical (unpaired) electrons. The SMILES string of the molecule is O=C(c1ccc(F)cc1)C1CCCN(C(=O)c2cccnc2)C1. The van der Waals surface area contributed by atoms with Crippen LogP contribution in [0.25, 0.3) is 0 Å². The van der Waals surface area contributed by atoms with Crippen LogP contribution in [0.3, 0.4) is 0 Å². The third kappa shape index (κ3) is 3.44. The molecule has 5 heteroatoms. The normalized spacial score (nSPS) is 17.8. The van der Waals surface area contributed by atoms with Gasteiger partial charge >= 0.3 is 0 Å². The lowest BCUT2D eigenvalue weighted by atomic mass is 9.89. The van der Waals surface area contributed by atoms with Crippen LogP contribution in [0, 0.1) is 11.7 Å². The van der Waals surface area contributed by atoms with E-state index in [2.05, 4.69) is 4.98 Å². The van der Waals surface area contributed by atoms with E-state index in [0.717, 1.165) is 12.8 Å². The Kier molecular flexibility index (Phi) is 4.46. The summed E-state index contributed by atoms with van der Waals surface area (Å²) in [4.78, 5) is 30.7. The van der Waals surface area contributed by atoms with Crippen molar-refractivity contribution in [1.82, 2.24) is 9.88 Å². The Labute approximate surface area is 134 Å². The number of pyridine rings is 1. The number of amides is 1. The van der Waals surface area contributed by atoms with Gasteiger partial charge in [0.2, 0.25) is 0 Å². The van der Waals surface area contributed by atoms with Crippen molar-refractivity contribution in [2.24, 2.45) is 5.92 Å². The Hall–Kier alpha value is -2.56. The zero-order valence-corrected chi connectivity index (χ0v) is 12.6. The lowest BCUT2D eigenvalue weighted by molar-refractivity contribution is 0.0636. The van der Waals surface area contributed by atoms with Crippen molar-refractivity contribution in [1.29, 1.82) is 0 Å². The van der Waals surface area contributed by atoms with E-state index in [1.807, 2.05) is 0 Å². The van der Waals surface area contributed by atoms with Gasteiger partial charge in [-0.25, -0.2) is 4.39 Å². The van der Waals surface area contributed by atoms with Crippen molar-refractivity contribution >= 4 is 11.7 Å². The fourth-order valence-corrected chi connectivity index (χ4v) is 2.90. The number of likely N-dealkylation sites (tertiary alicyclic amines) is 1. The Morgan fingerprint density at radius 1 is 1.13 bits per heavy atom. The number of hydrogen-bond donors (Lipinski definition) is 0. The fourth-order valence-electron chi connectivity index (χ4n) is 2.90. The molecule has 1 saturated heterocycles. The molecule has 1 unspecified atom stereocenters. The molecule has 1 aliphatic rings. The number of aromatic nitrogens is 1. The minimum absolute atomic E-state index is 0.0336. The largest absolute Gasteiger partial charge is 0.338 e. The molecule has 4 nitrogen and oxygen atoms in total. The summed E-state index contributed by atoms with van der Waals surface area (Å²) in [5.41, 5.74) is 1.02. The Balaban J connectivity index is 1.72. The van der Waals surface area contributed by atoms with E-state index in [0.29, 0.717) is 24.2 Å². The molecule has 0 aliphatic carbocycles. The predicted molar refractivity (Wildman–Crippen MR) is 83.6 cm³/mol. The second-order valence-corrected chi connectivity index (χ2v) is 5.70. The summed E-state index contributed by atoms with van der Waals surface area (Å²) in [6.07, 6.45) is 4.68. The van der Waals surface area contributed by atoms with Crippen LogP contribution in [-0.4, -0.2) is 34.7 Å². The number of nitrogens with zero attached hydrogens (tertiary/aromatic N) is 2. The minimum atomic E-state index is -0.362. The first kappa shape index (κ1) is 15.3. The Morgan fingerprint density at radius 3 is 2.61 bits per heavy atom. The minimum Gasteiger partial charge on any atom is -0.338 e. The highest BCUT2D eigenvalue weighted by molar-refractivity contribution is 5.99. The molecule has 1 atom stereocenters. The highest BCUT2D eigenvalue weighted by Crippen LogP contribution is 2.22. The molecular formula is C18H17FN2O2. The molecule has 1 aliphatic heterocycles. The molecular weight excluding hydrogens is 295 g/mol. The molecule has 1 aromatic heterocycles. The molecule has 23 heavy (non-hydrogen) atoms. The topological polar surface area (TPSA) is 50.3 Å². The molecule has 1 aromatic carbocycles. The molecule has 0 bridgehead atoms.